The molecule has 236 valence electrons. The third-order valence-corrected chi connectivity index (χ3v) is 10.8. The van der Waals surface area contributed by atoms with Crippen molar-refractivity contribution < 1.29 is 0 Å². The van der Waals surface area contributed by atoms with E-state index in [1.165, 1.54) is 86.9 Å². The summed E-state index contributed by atoms with van der Waals surface area (Å²) < 4.78 is 2.08. The molecular weight excluding hydrogens is 617 g/mol. The van der Waals surface area contributed by atoms with Crippen molar-refractivity contribution in [3.63, 3.8) is 0 Å². The third-order valence-electron chi connectivity index (χ3n) is 10.8. The Morgan fingerprint density at radius 2 is 0.902 bits per heavy atom. The lowest BCUT2D eigenvalue weighted by Gasteiger charge is -2.14. The average Bonchev–Trinajstić information content (AvgIpc) is 3.63. The Bertz CT molecular complexity index is 3150. The van der Waals surface area contributed by atoms with Crippen molar-refractivity contribution in [3.8, 4) is 33.5 Å². The van der Waals surface area contributed by atoms with Crippen LogP contribution in [0.25, 0.3) is 104 Å². The second-order valence-corrected chi connectivity index (χ2v) is 13.6. The highest BCUT2D eigenvalue weighted by molar-refractivity contribution is 6.32. The number of nitrogens with zero attached hydrogens (tertiary/aromatic N) is 2. The molecule has 0 atom stereocenters. The van der Waals surface area contributed by atoms with Crippen LogP contribution in [0.1, 0.15) is 0 Å². The summed E-state index contributed by atoms with van der Waals surface area (Å²) in [6, 6.07) is 62.3. The number of hydrogen-bond acceptors (Lipinski definition) is 1. The number of imidazole rings is 1. The average molecular weight is 647 g/mol. The first-order chi connectivity index (χ1) is 25.3. The first-order valence-corrected chi connectivity index (χ1v) is 17.5. The van der Waals surface area contributed by atoms with E-state index in [4.69, 9.17) is 4.98 Å². The van der Waals surface area contributed by atoms with Gasteiger partial charge in [0.25, 0.3) is 0 Å². The molecule has 0 fully saturated rings. The van der Waals surface area contributed by atoms with Crippen molar-refractivity contribution in [1.82, 2.24) is 9.38 Å². The quantitative estimate of drug-likeness (QED) is 0.175. The topological polar surface area (TPSA) is 17.3 Å². The van der Waals surface area contributed by atoms with Gasteiger partial charge in [0.2, 0.25) is 0 Å². The predicted molar refractivity (Wildman–Crippen MR) is 217 cm³/mol. The molecule has 0 aliphatic heterocycles. The molecule has 9 aromatic carbocycles. The lowest BCUT2D eigenvalue weighted by atomic mass is 9.89. The van der Waals surface area contributed by atoms with Gasteiger partial charge in [-0.2, -0.15) is 0 Å². The smallest absolute Gasteiger partial charge is 0.137 e. The molecule has 0 spiro atoms. The van der Waals surface area contributed by atoms with E-state index in [0.717, 1.165) is 16.9 Å². The number of aromatic nitrogens is 2. The summed E-state index contributed by atoms with van der Waals surface area (Å²) in [5.74, 6) is 0. The van der Waals surface area contributed by atoms with E-state index in [0.29, 0.717) is 0 Å². The first-order valence-electron chi connectivity index (χ1n) is 17.5. The van der Waals surface area contributed by atoms with E-state index < -0.39 is 0 Å². The summed E-state index contributed by atoms with van der Waals surface area (Å²) in [6.45, 7) is 0. The van der Waals surface area contributed by atoms with Crippen LogP contribution in [0.3, 0.4) is 0 Å². The van der Waals surface area contributed by atoms with Crippen LogP contribution < -0.4 is 0 Å². The molecule has 11 rings (SSSR count). The minimum atomic E-state index is 0.951. The number of fused-ring (bicyclic) bond motifs is 7. The molecule has 51 heavy (non-hydrogen) atoms. The van der Waals surface area contributed by atoms with Crippen LogP contribution in [0, 0.1) is 0 Å². The third kappa shape index (κ3) is 4.27. The Balaban J connectivity index is 1.08. The minimum Gasteiger partial charge on any atom is -0.306 e. The fourth-order valence-electron chi connectivity index (χ4n) is 8.42. The Hall–Kier alpha value is -6.77. The number of hydrogen-bond donors (Lipinski definition) is 0. The van der Waals surface area contributed by atoms with Gasteiger partial charge in [-0.15, -0.1) is 0 Å². The fraction of sp³-hybridized carbons (Fsp3) is 0. The minimum absolute atomic E-state index is 0.951. The van der Waals surface area contributed by atoms with Crippen LogP contribution >= 0.6 is 0 Å². The summed E-state index contributed by atoms with van der Waals surface area (Å²) in [6.07, 6.45) is 4.17. The SMILES string of the molecule is c1ccc2c(-c3cn4ccccc4n3)ccc(-c3ccc(-c4ccc5c(c4)c4ccccc4c4cccc6ccc7cccc5c7c64)cc3)c2c1. The molecular formula is C49H30N2. The van der Waals surface area contributed by atoms with Gasteiger partial charge in [0.05, 0.1) is 5.69 Å². The maximum atomic E-state index is 4.93. The normalized spacial score (nSPS) is 11.9. The van der Waals surface area contributed by atoms with E-state index in [2.05, 4.69) is 162 Å². The largest absolute Gasteiger partial charge is 0.306 e. The summed E-state index contributed by atoms with van der Waals surface area (Å²) in [4.78, 5) is 4.93. The zero-order valence-electron chi connectivity index (χ0n) is 27.7. The Labute approximate surface area is 294 Å². The molecule has 2 heteroatoms. The van der Waals surface area contributed by atoms with Gasteiger partial charge in [-0.1, -0.05) is 152 Å². The molecule has 0 saturated carbocycles. The van der Waals surface area contributed by atoms with Gasteiger partial charge in [-0.3, -0.25) is 0 Å². The summed E-state index contributed by atoms with van der Waals surface area (Å²) in [5.41, 5.74) is 7.91. The molecule has 2 aromatic heterocycles. The highest BCUT2D eigenvalue weighted by Crippen LogP contribution is 2.41. The molecule has 0 bridgehead atoms. The Kier molecular flexibility index (Phi) is 5.99. The van der Waals surface area contributed by atoms with Gasteiger partial charge < -0.3 is 4.40 Å². The zero-order chi connectivity index (χ0) is 33.5. The van der Waals surface area contributed by atoms with Crippen molar-refractivity contribution >= 4 is 70.3 Å². The number of rotatable bonds is 3. The molecule has 11 aromatic rings. The van der Waals surface area contributed by atoms with E-state index >= 15 is 0 Å². The molecule has 0 aliphatic rings. The van der Waals surface area contributed by atoms with Gasteiger partial charge in [-0.25, -0.2) is 4.98 Å². The second kappa shape index (κ2) is 10.9. The van der Waals surface area contributed by atoms with Gasteiger partial charge >= 0.3 is 0 Å². The first kappa shape index (κ1) is 28.1. The van der Waals surface area contributed by atoms with Crippen molar-refractivity contribution in [2.45, 2.75) is 0 Å². The highest BCUT2D eigenvalue weighted by atomic mass is 15.0. The Morgan fingerprint density at radius 3 is 1.61 bits per heavy atom. The maximum absolute atomic E-state index is 4.93. The molecule has 2 heterocycles. The molecule has 2 nitrogen and oxygen atoms in total. The number of benzene rings is 8. The van der Waals surface area contributed by atoms with Gasteiger partial charge in [0.1, 0.15) is 5.65 Å². The lowest BCUT2D eigenvalue weighted by molar-refractivity contribution is 1.19. The standard InChI is InChI=1S/C49H30N2/c1-2-12-38-37(11-1)36(26-27-42(38)46-30-51-28-6-5-17-47(51)50-46)32-20-18-31(19-21-32)35-24-25-41-44-16-8-10-34-23-22-33-9-7-15-43(48(33)49(34)44)39-13-3-4-14-40(39)45(41)29-35/h1-30H. The second-order valence-electron chi connectivity index (χ2n) is 13.6. The summed E-state index contributed by atoms with van der Waals surface area (Å²) in [5, 5.41) is 15.3. The number of pyridine rings is 1. The van der Waals surface area contributed by atoms with Gasteiger partial charge in [0, 0.05) is 18.0 Å². The monoisotopic (exact) mass is 646 g/mol. The summed E-state index contributed by atoms with van der Waals surface area (Å²) >= 11 is 0. The van der Waals surface area contributed by atoms with Crippen LogP contribution in [0.15, 0.2) is 182 Å². The molecule has 0 N–H and O–H groups in total. The van der Waals surface area contributed by atoms with Crippen molar-refractivity contribution in [2.24, 2.45) is 0 Å². The molecule has 0 unspecified atom stereocenters. The van der Waals surface area contributed by atoms with Crippen molar-refractivity contribution in [3.05, 3.63) is 182 Å². The molecule has 0 amide bonds. The van der Waals surface area contributed by atoms with Crippen LogP contribution in [0.5, 0.6) is 0 Å². The van der Waals surface area contributed by atoms with Crippen LogP contribution in [0.2, 0.25) is 0 Å². The fourth-order valence-corrected chi connectivity index (χ4v) is 8.42. The Morgan fingerprint density at radius 1 is 0.353 bits per heavy atom. The predicted octanol–water partition coefficient (Wildman–Crippen LogP) is 13.3. The van der Waals surface area contributed by atoms with E-state index in [1.54, 1.807) is 0 Å². The van der Waals surface area contributed by atoms with E-state index in [1.807, 2.05) is 24.4 Å². The van der Waals surface area contributed by atoms with Crippen LogP contribution in [0.4, 0.5) is 0 Å². The van der Waals surface area contributed by atoms with E-state index in [9.17, 15) is 0 Å². The van der Waals surface area contributed by atoms with Crippen LogP contribution in [-0.2, 0) is 0 Å². The highest BCUT2D eigenvalue weighted by Gasteiger charge is 2.15. The van der Waals surface area contributed by atoms with Crippen molar-refractivity contribution in [1.29, 1.82) is 0 Å². The molecule has 0 radical (unpaired) electrons. The molecule has 0 saturated heterocycles. The maximum Gasteiger partial charge on any atom is 0.137 e. The van der Waals surface area contributed by atoms with E-state index in [-0.39, 0.29) is 0 Å². The van der Waals surface area contributed by atoms with Crippen molar-refractivity contribution in [2.75, 3.05) is 0 Å². The van der Waals surface area contributed by atoms with Gasteiger partial charge in [-0.05, 0) is 105 Å². The zero-order valence-corrected chi connectivity index (χ0v) is 27.7. The van der Waals surface area contributed by atoms with Gasteiger partial charge in [0.15, 0.2) is 0 Å². The van der Waals surface area contributed by atoms with Crippen LogP contribution in [-0.4, -0.2) is 9.38 Å². The lowest BCUT2D eigenvalue weighted by Crippen LogP contribution is -1.88. The summed E-state index contributed by atoms with van der Waals surface area (Å²) in [7, 11) is 0. The molecule has 0 aliphatic carbocycles.